The number of aromatic amines is 3. The number of ether oxygens (including phenoxy) is 1. The van der Waals surface area contributed by atoms with Gasteiger partial charge in [0.15, 0.2) is 11.2 Å². The largest absolute Gasteiger partial charge is 0.493 e. The average molecular weight is 300 g/mol. The Morgan fingerprint density at radius 3 is 2.68 bits per heavy atom. The zero-order chi connectivity index (χ0) is 15.7. The molecule has 0 saturated carbocycles. The second kappa shape index (κ2) is 5.51. The standard InChI is InChI=1S/C15H16N4O3/c1-8(2)7-22-10-6-4-3-5-9(10)12-17-13-11(14(20)18-12)16-15(21)19-13/h3-6,8H,7H2,1-2H3,(H3,16,17,18,19,20,21). The molecule has 7 nitrogen and oxygen atoms in total. The van der Waals surface area contributed by atoms with Crippen molar-refractivity contribution in [2.24, 2.45) is 5.92 Å². The third-order valence-corrected chi connectivity index (χ3v) is 3.10. The highest BCUT2D eigenvalue weighted by Crippen LogP contribution is 2.27. The molecule has 3 aromatic rings. The summed E-state index contributed by atoms with van der Waals surface area (Å²) in [7, 11) is 0. The highest BCUT2D eigenvalue weighted by atomic mass is 16.5. The predicted octanol–water partition coefficient (Wildman–Crippen LogP) is 1.64. The Labute approximate surface area is 125 Å². The van der Waals surface area contributed by atoms with Gasteiger partial charge in [-0.2, -0.15) is 0 Å². The lowest BCUT2D eigenvalue weighted by atomic mass is 10.2. The summed E-state index contributed by atoms with van der Waals surface area (Å²) in [5.41, 5.74) is 0.160. The first-order valence-corrected chi connectivity index (χ1v) is 6.99. The van der Waals surface area contributed by atoms with Crippen LogP contribution < -0.4 is 16.0 Å². The highest BCUT2D eigenvalue weighted by molar-refractivity contribution is 5.73. The van der Waals surface area contributed by atoms with Gasteiger partial charge in [-0.15, -0.1) is 0 Å². The number of rotatable bonds is 4. The number of hydrogen-bond acceptors (Lipinski definition) is 4. The molecule has 7 heteroatoms. The first-order chi connectivity index (χ1) is 10.5. The molecule has 2 heterocycles. The molecule has 0 fully saturated rings. The monoisotopic (exact) mass is 300 g/mol. The molecule has 0 aliphatic rings. The van der Waals surface area contributed by atoms with E-state index >= 15 is 0 Å². The minimum atomic E-state index is -0.463. The van der Waals surface area contributed by atoms with E-state index in [0.717, 1.165) is 0 Å². The van der Waals surface area contributed by atoms with Crippen molar-refractivity contribution in [1.82, 2.24) is 19.9 Å². The van der Waals surface area contributed by atoms with Gasteiger partial charge in [-0.05, 0) is 18.1 Å². The second-order valence-corrected chi connectivity index (χ2v) is 5.42. The number of para-hydroxylation sites is 1. The topological polar surface area (TPSA) is 104 Å². The Hall–Kier alpha value is -2.83. The molecule has 0 bridgehead atoms. The number of nitrogens with one attached hydrogen (secondary N) is 3. The quantitative estimate of drug-likeness (QED) is 0.681. The molecule has 0 spiro atoms. The van der Waals surface area contributed by atoms with Crippen LogP contribution in [0.4, 0.5) is 0 Å². The maximum absolute atomic E-state index is 12.0. The van der Waals surface area contributed by atoms with Crippen LogP contribution in [0.2, 0.25) is 0 Å². The number of aromatic nitrogens is 4. The number of benzene rings is 1. The van der Waals surface area contributed by atoms with Crippen LogP contribution in [0.25, 0.3) is 22.6 Å². The molecular weight excluding hydrogens is 284 g/mol. The lowest BCUT2D eigenvalue weighted by Gasteiger charge is -2.12. The summed E-state index contributed by atoms with van der Waals surface area (Å²) in [6, 6.07) is 7.32. The summed E-state index contributed by atoms with van der Waals surface area (Å²) in [4.78, 5) is 35.2. The fraction of sp³-hybridized carbons (Fsp3) is 0.267. The normalized spacial score (nSPS) is 11.2. The summed E-state index contributed by atoms with van der Waals surface area (Å²) in [6.45, 7) is 4.67. The molecule has 2 aromatic heterocycles. The Balaban J connectivity index is 2.11. The van der Waals surface area contributed by atoms with Gasteiger partial charge in [0.2, 0.25) is 0 Å². The molecule has 0 atom stereocenters. The van der Waals surface area contributed by atoms with E-state index in [1.54, 1.807) is 0 Å². The first kappa shape index (κ1) is 14.1. The third kappa shape index (κ3) is 2.65. The van der Waals surface area contributed by atoms with Crippen molar-refractivity contribution in [3.8, 4) is 17.1 Å². The molecule has 1 aromatic carbocycles. The van der Waals surface area contributed by atoms with E-state index < -0.39 is 11.2 Å². The van der Waals surface area contributed by atoms with E-state index in [-0.39, 0.29) is 11.2 Å². The fourth-order valence-electron chi connectivity index (χ4n) is 2.10. The maximum atomic E-state index is 12.0. The van der Waals surface area contributed by atoms with Gasteiger partial charge in [0.1, 0.15) is 11.6 Å². The Kier molecular flexibility index (Phi) is 3.54. The summed E-state index contributed by atoms with van der Waals surface area (Å²) in [5.74, 6) is 1.37. The zero-order valence-corrected chi connectivity index (χ0v) is 12.3. The fourth-order valence-corrected chi connectivity index (χ4v) is 2.10. The van der Waals surface area contributed by atoms with Crippen LogP contribution in [0.5, 0.6) is 5.75 Å². The van der Waals surface area contributed by atoms with E-state index in [4.69, 9.17) is 4.74 Å². The van der Waals surface area contributed by atoms with E-state index in [1.807, 2.05) is 24.3 Å². The van der Waals surface area contributed by atoms with E-state index in [1.165, 1.54) is 0 Å². The van der Waals surface area contributed by atoms with Crippen molar-refractivity contribution >= 4 is 11.2 Å². The number of nitrogens with zero attached hydrogens (tertiary/aromatic N) is 1. The van der Waals surface area contributed by atoms with Crippen molar-refractivity contribution in [1.29, 1.82) is 0 Å². The molecule has 114 valence electrons. The summed E-state index contributed by atoms with van der Waals surface area (Å²) >= 11 is 0. The van der Waals surface area contributed by atoms with Crippen LogP contribution in [0.1, 0.15) is 13.8 Å². The molecule has 0 unspecified atom stereocenters. The van der Waals surface area contributed by atoms with E-state index in [9.17, 15) is 9.59 Å². The zero-order valence-electron chi connectivity index (χ0n) is 12.3. The summed E-state index contributed by atoms with van der Waals surface area (Å²) < 4.78 is 5.77. The van der Waals surface area contributed by atoms with Gasteiger partial charge in [0, 0.05) is 0 Å². The molecule has 0 aliphatic carbocycles. The molecule has 3 N–H and O–H groups in total. The lowest BCUT2D eigenvalue weighted by Crippen LogP contribution is -2.11. The second-order valence-electron chi connectivity index (χ2n) is 5.42. The van der Waals surface area contributed by atoms with Gasteiger partial charge in [0.25, 0.3) is 5.56 Å². The van der Waals surface area contributed by atoms with Crippen LogP contribution in [0, 0.1) is 5.92 Å². The van der Waals surface area contributed by atoms with Crippen LogP contribution >= 0.6 is 0 Å². The molecule has 0 amide bonds. The van der Waals surface area contributed by atoms with Gasteiger partial charge < -0.3 is 9.72 Å². The minimum Gasteiger partial charge on any atom is -0.493 e. The van der Waals surface area contributed by atoms with Crippen molar-refractivity contribution < 1.29 is 4.74 Å². The smallest absolute Gasteiger partial charge is 0.325 e. The number of fused-ring (bicyclic) bond motifs is 1. The Bertz CT molecular complexity index is 920. The van der Waals surface area contributed by atoms with Gasteiger partial charge >= 0.3 is 5.69 Å². The van der Waals surface area contributed by atoms with Gasteiger partial charge in [0.05, 0.1) is 12.2 Å². The Morgan fingerprint density at radius 1 is 1.14 bits per heavy atom. The summed E-state index contributed by atoms with van der Waals surface area (Å²) in [5, 5.41) is 0. The highest BCUT2D eigenvalue weighted by Gasteiger charge is 2.12. The van der Waals surface area contributed by atoms with E-state index in [2.05, 4.69) is 33.8 Å². The van der Waals surface area contributed by atoms with Crippen molar-refractivity contribution in [2.75, 3.05) is 6.61 Å². The van der Waals surface area contributed by atoms with Crippen LogP contribution in [0.15, 0.2) is 33.9 Å². The lowest BCUT2D eigenvalue weighted by molar-refractivity contribution is 0.272. The van der Waals surface area contributed by atoms with Crippen molar-refractivity contribution in [3.63, 3.8) is 0 Å². The van der Waals surface area contributed by atoms with Gasteiger partial charge in [-0.3, -0.25) is 14.8 Å². The first-order valence-electron chi connectivity index (χ1n) is 6.99. The van der Waals surface area contributed by atoms with Crippen molar-refractivity contribution in [2.45, 2.75) is 13.8 Å². The number of H-pyrrole nitrogens is 3. The third-order valence-electron chi connectivity index (χ3n) is 3.10. The van der Waals surface area contributed by atoms with Crippen LogP contribution in [0.3, 0.4) is 0 Å². The molecule has 22 heavy (non-hydrogen) atoms. The van der Waals surface area contributed by atoms with Gasteiger partial charge in [-0.1, -0.05) is 26.0 Å². The molecule has 0 aliphatic heterocycles. The summed E-state index contributed by atoms with van der Waals surface area (Å²) in [6.07, 6.45) is 0. The SMILES string of the molecule is CC(C)COc1ccccc1-c1nc2[nH]c(=O)[nH]c2c(=O)[nH]1. The number of hydrogen-bond donors (Lipinski definition) is 3. The van der Waals surface area contributed by atoms with Crippen LogP contribution in [-0.4, -0.2) is 26.5 Å². The minimum absolute atomic E-state index is 0.134. The average Bonchev–Trinajstić information content (AvgIpc) is 2.86. The molecule has 0 radical (unpaired) electrons. The van der Waals surface area contributed by atoms with Crippen LogP contribution in [-0.2, 0) is 0 Å². The molecular formula is C15H16N4O3. The van der Waals surface area contributed by atoms with Crippen molar-refractivity contribution in [3.05, 3.63) is 45.1 Å². The molecule has 0 saturated heterocycles. The number of imidazole rings is 1. The maximum Gasteiger partial charge on any atom is 0.325 e. The molecule has 3 rings (SSSR count). The predicted molar refractivity (Wildman–Crippen MR) is 83.1 cm³/mol. The Morgan fingerprint density at radius 2 is 1.91 bits per heavy atom. The van der Waals surface area contributed by atoms with Gasteiger partial charge in [-0.25, -0.2) is 9.78 Å². The van der Waals surface area contributed by atoms with E-state index in [0.29, 0.717) is 29.7 Å².